The molecule has 1 saturated heterocycles. The van der Waals surface area contributed by atoms with Crippen molar-refractivity contribution in [3.8, 4) is 0 Å². The number of aromatic nitrogens is 1. The molecule has 1 aliphatic heterocycles. The number of nitrogens with zero attached hydrogens (tertiary/aromatic N) is 3. The lowest BCUT2D eigenvalue weighted by atomic mass is 10.0. The third kappa shape index (κ3) is 3.33. The fourth-order valence-electron chi connectivity index (χ4n) is 3.54. The van der Waals surface area contributed by atoms with E-state index >= 15 is 0 Å². The van der Waals surface area contributed by atoms with Crippen molar-refractivity contribution >= 4 is 22.8 Å². The summed E-state index contributed by atoms with van der Waals surface area (Å²) in [4.78, 5) is 31.9. The molecule has 2 aromatic carbocycles. The van der Waals surface area contributed by atoms with Crippen LogP contribution < -0.4 is 0 Å². The molecule has 0 radical (unpaired) electrons. The Morgan fingerprint density at radius 1 is 1.00 bits per heavy atom. The second kappa shape index (κ2) is 7.07. The summed E-state index contributed by atoms with van der Waals surface area (Å²) >= 11 is 0. The van der Waals surface area contributed by atoms with Crippen LogP contribution in [-0.4, -0.2) is 51.5 Å². The fourth-order valence-corrected chi connectivity index (χ4v) is 3.54. The van der Waals surface area contributed by atoms with Crippen molar-refractivity contribution in [2.45, 2.75) is 6.04 Å². The summed E-state index contributed by atoms with van der Waals surface area (Å²) in [5.74, 6) is -0.0902. The Morgan fingerprint density at radius 3 is 2.59 bits per heavy atom. The van der Waals surface area contributed by atoms with E-state index in [2.05, 4.69) is 4.98 Å². The van der Waals surface area contributed by atoms with Crippen molar-refractivity contribution in [2.24, 2.45) is 0 Å². The normalized spacial score (nSPS) is 17.1. The van der Waals surface area contributed by atoms with E-state index < -0.39 is 6.09 Å². The van der Waals surface area contributed by atoms with Crippen molar-refractivity contribution in [2.75, 3.05) is 19.6 Å². The standard InChI is InChI=1S/C21H19N3O3/c25-20(17-6-7-18-13-22-9-8-16(18)12-17)24-11-10-23(21(26)27)14-19(24)15-4-2-1-3-5-15/h1-9,12-13,19H,10-11,14H2,(H,26,27)/t19-/m1/s1. The SMILES string of the molecule is O=C(O)N1CCN(C(=O)c2ccc3cnccc3c2)[C@@H](c2ccccc2)C1. The average Bonchev–Trinajstić information content (AvgIpc) is 2.73. The number of carbonyl (C=O) groups is 2. The van der Waals surface area contributed by atoms with Gasteiger partial charge >= 0.3 is 6.09 Å². The Hall–Kier alpha value is -3.41. The molecule has 6 nitrogen and oxygen atoms in total. The van der Waals surface area contributed by atoms with E-state index in [1.807, 2.05) is 48.5 Å². The number of carbonyl (C=O) groups excluding carboxylic acids is 1. The second-order valence-corrected chi connectivity index (χ2v) is 6.59. The van der Waals surface area contributed by atoms with Crippen LogP contribution in [0.25, 0.3) is 10.8 Å². The lowest BCUT2D eigenvalue weighted by molar-refractivity contribution is 0.0447. The lowest BCUT2D eigenvalue weighted by Crippen LogP contribution is -2.52. The van der Waals surface area contributed by atoms with E-state index in [9.17, 15) is 14.7 Å². The summed E-state index contributed by atoms with van der Waals surface area (Å²) in [6.45, 7) is 0.934. The molecule has 0 bridgehead atoms. The molecule has 6 heteroatoms. The minimum atomic E-state index is -0.957. The number of amides is 2. The molecule has 1 aliphatic rings. The third-order valence-electron chi connectivity index (χ3n) is 4.98. The molecule has 1 aromatic heterocycles. The van der Waals surface area contributed by atoms with Crippen molar-refractivity contribution in [3.63, 3.8) is 0 Å². The lowest BCUT2D eigenvalue weighted by Gasteiger charge is -2.40. The average molecular weight is 361 g/mol. The number of benzene rings is 2. The monoisotopic (exact) mass is 361 g/mol. The second-order valence-electron chi connectivity index (χ2n) is 6.59. The maximum Gasteiger partial charge on any atom is 0.407 e. The van der Waals surface area contributed by atoms with E-state index in [4.69, 9.17) is 0 Å². The molecule has 3 aromatic rings. The Labute approximate surface area is 156 Å². The number of rotatable bonds is 2. The van der Waals surface area contributed by atoms with Gasteiger partial charge in [0, 0.05) is 43.0 Å². The largest absolute Gasteiger partial charge is 0.465 e. The molecule has 0 aliphatic carbocycles. The summed E-state index contributed by atoms with van der Waals surface area (Å²) in [5.41, 5.74) is 1.53. The van der Waals surface area contributed by atoms with Gasteiger partial charge in [-0.3, -0.25) is 9.78 Å². The molecule has 0 unspecified atom stereocenters. The van der Waals surface area contributed by atoms with Crippen molar-refractivity contribution in [1.29, 1.82) is 0 Å². The summed E-state index contributed by atoms with van der Waals surface area (Å²) in [6.07, 6.45) is 2.51. The van der Waals surface area contributed by atoms with Crippen LogP contribution in [0.2, 0.25) is 0 Å². The molecule has 2 amide bonds. The Kier molecular flexibility index (Phi) is 4.46. The molecule has 27 heavy (non-hydrogen) atoms. The Balaban J connectivity index is 1.68. The molecule has 136 valence electrons. The van der Waals surface area contributed by atoms with Gasteiger partial charge in [0.05, 0.1) is 6.04 Å². The number of pyridine rings is 1. The van der Waals surface area contributed by atoms with Gasteiger partial charge in [0.1, 0.15) is 0 Å². The van der Waals surface area contributed by atoms with Gasteiger partial charge in [-0.2, -0.15) is 0 Å². The number of hydrogen-bond donors (Lipinski definition) is 1. The van der Waals surface area contributed by atoms with E-state index in [1.165, 1.54) is 4.90 Å². The van der Waals surface area contributed by atoms with E-state index in [0.29, 0.717) is 18.7 Å². The fraction of sp³-hybridized carbons (Fsp3) is 0.190. The zero-order valence-electron chi connectivity index (χ0n) is 14.7. The van der Waals surface area contributed by atoms with Crippen LogP contribution in [-0.2, 0) is 0 Å². The van der Waals surface area contributed by atoms with Crippen LogP contribution in [0.15, 0.2) is 67.0 Å². The number of fused-ring (bicyclic) bond motifs is 1. The van der Waals surface area contributed by atoms with Gasteiger partial charge < -0.3 is 14.9 Å². The van der Waals surface area contributed by atoms with E-state index in [1.54, 1.807) is 23.4 Å². The molecule has 0 saturated carbocycles. The molecular weight excluding hydrogens is 342 g/mol. The number of hydrogen-bond acceptors (Lipinski definition) is 3. The minimum absolute atomic E-state index is 0.0902. The number of piperazine rings is 1. The smallest absolute Gasteiger partial charge is 0.407 e. The van der Waals surface area contributed by atoms with Crippen LogP contribution >= 0.6 is 0 Å². The van der Waals surface area contributed by atoms with Gasteiger partial charge in [0.25, 0.3) is 5.91 Å². The Bertz CT molecular complexity index is 990. The van der Waals surface area contributed by atoms with Crippen LogP contribution in [0.1, 0.15) is 22.0 Å². The number of carboxylic acid groups (broad SMARTS) is 1. The first-order chi connectivity index (χ1) is 13.1. The molecule has 1 atom stereocenters. The molecule has 1 N–H and O–H groups in total. The maximum absolute atomic E-state index is 13.2. The first-order valence-corrected chi connectivity index (χ1v) is 8.81. The van der Waals surface area contributed by atoms with Gasteiger partial charge in [-0.05, 0) is 29.1 Å². The van der Waals surface area contributed by atoms with Gasteiger partial charge in [-0.1, -0.05) is 36.4 Å². The van der Waals surface area contributed by atoms with Crippen LogP contribution in [0.3, 0.4) is 0 Å². The molecule has 1 fully saturated rings. The predicted molar refractivity (Wildman–Crippen MR) is 102 cm³/mol. The quantitative estimate of drug-likeness (QED) is 0.759. The van der Waals surface area contributed by atoms with Crippen LogP contribution in [0.5, 0.6) is 0 Å². The van der Waals surface area contributed by atoms with Crippen LogP contribution in [0.4, 0.5) is 4.79 Å². The topological polar surface area (TPSA) is 73.7 Å². The highest BCUT2D eigenvalue weighted by Crippen LogP contribution is 2.28. The van der Waals surface area contributed by atoms with Gasteiger partial charge in [-0.15, -0.1) is 0 Å². The first kappa shape index (κ1) is 17.0. The Morgan fingerprint density at radius 2 is 1.81 bits per heavy atom. The summed E-state index contributed by atoms with van der Waals surface area (Å²) in [6, 6.07) is 16.7. The highest BCUT2D eigenvalue weighted by atomic mass is 16.4. The maximum atomic E-state index is 13.2. The summed E-state index contributed by atoms with van der Waals surface area (Å²) in [5, 5.41) is 11.3. The zero-order chi connectivity index (χ0) is 18.8. The summed E-state index contributed by atoms with van der Waals surface area (Å²) in [7, 11) is 0. The molecular formula is C21H19N3O3. The van der Waals surface area contributed by atoms with Crippen molar-refractivity contribution in [3.05, 3.63) is 78.1 Å². The first-order valence-electron chi connectivity index (χ1n) is 8.81. The van der Waals surface area contributed by atoms with Gasteiger partial charge in [-0.25, -0.2) is 4.79 Å². The predicted octanol–water partition coefficient (Wildman–Crippen LogP) is 3.41. The molecule has 4 rings (SSSR count). The third-order valence-corrected chi connectivity index (χ3v) is 4.98. The van der Waals surface area contributed by atoms with Gasteiger partial charge in [0.15, 0.2) is 0 Å². The highest BCUT2D eigenvalue weighted by Gasteiger charge is 2.33. The van der Waals surface area contributed by atoms with E-state index in [-0.39, 0.29) is 18.5 Å². The van der Waals surface area contributed by atoms with Crippen LogP contribution in [0, 0.1) is 0 Å². The zero-order valence-corrected chi connectivity index (χ0v) is 14.7. The van der Waals surface area contributed by atoms with Crippen molar-refractivity contribution < 1.29 is 14.7 Å². The van der Waals surface area contributed by atoms with Gasteiger partial charge in [0.2, 0.25) is 0 Å². The minimum Gasteiger partial charge on any atom is -0.465 e. The van der Waals surface area contributed by atoms with Crippen molar-refractivity contribution in [1.82, 2.24) is 14.8 Å². The highest BCUT2D eigenvalue weighted by molar-refractivity contribution is 5.98. The molecule has 2 heterocycles. The van der Waals surface area contributed by atoms with E-state index in [0.717, 1.165) is 16.3 Å². The molecule has 0 spiro atoms. The summed E-state index contributed by atoms with van der Waals surface area (Å²) < 4.78 is 0.